The second kappa shape index (κ2) is 16.0. The molecule has 1 aromatic rings. The van der Waals surface area contributed by atoms with E-state index in [0.29, 0.717) is 31.1 Å². The Hall–Kier alpha value is -2.70. The van der Waals surface area contributed by atoms with Gasteiger partial charge in [-0.3, -0.25) is 9.59 Å². The lowest BCUT2D eigenvalue weighted by Crippen LogP contribution is -2.46. The smallest absolute Gasteiger partial charge is 0.254 e. The molecule has 190 valence electrons. The molecule has 2 atom stereocenters. The van der Waals surface area contributed by atoms with Gasteiger partial charge in [0.2, 0.25) is 6.41 Å². The van der Waals surface area contributed by atoms with Crippen molar-refractivity contribution in [1.82, 2.24) is 10.2 Å². The lowest BCUT2D eigenvalue weighted by molar-refractivity contribution is -0.146. The van der Waals surface area contributed by atoms with Crippen molar-refractivity contribution in [3.63, 3.8) is 0 Å². The van der Waals surface area contributed by atoms with Crippen molar-refractivity contribution in [3.8, 4) is 6.07 Å². The first-order chi connectivity index (χ1) is 16.4. The summed E-state index contributed by atoms with van der Waals surface area (Å²) in [6, 6.07) is 6.36. The number of aliphatic hydroxyl groups excluding tert-OH is 2. The number of carbonyl (C=O) groups is 2. The molecule has 9 heteroatoms. The van der Waals surface area contributed by atoms with Gasteiger partial charge >= 0.3 is 0 Å². The van der Waals surface area contributed by atoms with Crippen LogP contribution < -0.4 is 10.2 Å². The van der Waals surface area contributed by atoms with Gasteiger partial charge in [0.25, 0.3) is 5.91 Å². The van der Waals surface area contributed by atoms with E-state index in [1.807, 2.05) is 19.9 Å². The maximum atomic E-state index is 13.1. The van der Waals surface area contributed by atoms with Crippen molar-refractivity contribution in [1.29, 1.82) is 5.26 Å². The lowest BCUT2D eigenvalue weighted by atomic mass is 9.96. The molecule has 0 aromatic heterocycles. The Morgan fingerprint density at radius 3 is 2.35 bits per heavy atom. The highest BCUT2D eigenvalue weighted by molar-refractivity contribution is 5.81. The van der Waals surface area contributed by atoms with Crippen molar-refractivity contribution in [2.45, 2.75) is 65.1 Å². The van der Waals surface area contributed by atoms with Crippen molar-refractivity contribution < 1.29 is 24.2 Å². The fourth-order valence-electron chi connectivity index (χ4n) is 3.97. The minimum absolute atomic E-state index is 0.338. The van der Waals surface area contributed by atoms with Crippen LogP contribution in [0.3, 0.4) is 0 Å². The summed E-state index contributed by atoms with van der Waals surface area (Å²) in [6.07, 6.45) is 3.56. The fraction of sp³-hybridized carbons (Fsp3) is 0.640. The number of likely N-dealkylation sites (tertiary alicyclic amines) is 1. The van der Waals surface area contributed by atoms with Crippen molar-refractivity contribution >= 4 is 18.0 Å². The highest BCUT2D eigenvalue weighted by Crippen LogP contribution is 2.26. The minimum Gasteiger partial charge on any atom is -0.390 e. The monoisotopic (exact) mass is 478 g/mol. The van der Waals surface area contributed by atoms with Crippen LogP contribution >= 0.6 is 0 Å². The topological polar surface area (TPSA) is 117 Å². The molecule has 2 saturated heterocycles. The molecule has 0 saturated carbocycles. The molecule has 2 fully saturated rings. The number of aliphatic hydroxyl groups is 2. The third-order valence-corrected chi connectivity index (χ3v) is 5.90. The number of halogens is 1. The van der Waals surface area contributed by atoms with Crippen LogP contribution in [0.2, 0.25) is 0 Å². The Bertz CT molecular complexity index is 786. The number of hydrogen-bond acceptors (Lipinski definition) is 6. The zero-order chi connectivity index (χ0) is 25.5. The van der Waals surface area contributed by atoms with E-state index in [2.05, 4.69) is 10.2 Å². The van der Waals surface area contributed by atoms with E-state index in [9.17, 15) is 19.1 Å². The van der Waals surface area contributed by atoms with Gasteiger partial charge in [0.1, 0.15) is 11.9 Å². The first-order valence-corrected chi connectivity index (χ1v) is 12.1. The normalized spacial score (nSPS) is 17.7. The third-order valence-electron chi connectivity index (χ3n) is 5.90. The molecule has 2 aliphatic heterocycles. The van der Waals surface area contributed by atoms with Gasteiger partial charge in [-0.1, -0.05) is 13.8 Å². The summed E-state index contributed by atoms with van der Waals surface area (Å²) < 4.78 is 13.1. The average Bonchev–Trinajstić information content (AvgIpc) is 2.89. The largest absolute Gasteiger partial charge is 0.390 e. The Morgan fingerprint density at radius 1 is 1.21 bits per heavy atom. The van der Waals surface area contributed by atoms with E-state index in [1.54, 1.807) is 11.0 Å². The van der Waals surface area contributed by atoms with Crippen LogP contribution in [0.15, 0.2) is 18.2 Å². The molecule has 2 heterocycles. The van der Waals surface area contributed by atoms with E-state index in [1.165, 1.54) is 19.1 Å². The van der Waals surface area contributed by atoms with Crippen molar-refractivity contribution in [3.05, 3.63) is 29.6 Å². The van der Waals surface area contributed by atoms with Crippen LogP contribution in [-0.2, 0) is 9.59 Å². The zero-order valence-electron chi connectivity index (χ0n) is 20.5. The molecule has 34 heavy (non-hydrogen) atoms. The molecule has 0 spiro atoms. The Labute approximate surface area is 202 Å². The van der Waals surface area contributed by atoms with Gasteiger partial charge in [0.05, 0.1) is 17.4 Å². The summed E-state index contributed by atoms with van der Waals surface area (Å²) in [7, 11) is 0. The Kier molecular flexibility index (Phi) is 13.8. The summed E-state index contributed by atoms with van der Waals surface area (Å²) in [5, 5.41) is 30.1. The number of hydrogen-bond donors (Lipinski definition) is 3. The Balaban J connectivity index is 0.000000337. The van der Waals surface area contributed by atoms with Gasteiger partial charge in [-0.2, -0.15) is 5.26 Å². The van der Waals surface area contributed by atoms with Crippen LogP contribution in [0, 0.1) is 23.1 Å². The van der Waals surface area contributed by atoms with Crippen LogP contribution in [0.5, 0.6) is 0 Å². The molecule has 0 aliphatic carbocycles. The summed E-state index contributed by atoms with van der Waals surface area (Å²) in [5.74, 6) is -0.243. The molecule has 8 nitrogen and oxygen atoms in total. The predicted molar refractivity (Wildman–Crippen MR) is 130 cm³/mol. The molecule has 3 N–H and O–H groups in total. The van der Waals surface area contributed by atoms with Gasteiger partial charge in [-0.25, -0.2) is 4.39 Å². The van der Waals surface area contributed by atoms with Crippen LogP contribution in [0.25, 0.3) is 0 Å². The number of nitriles is 1. The number of benzene rings is 1. The second-order valence-electron chi connectivity index (χ2n) is 8.30. The number of nitrogens with zero attached hydrogens (tertiary/aromatic N) is 3. The molecule has 2 aliphatic rings. The first-order valence-electron chi connectivity index (χ1n) is 12.1. The number of anilines is 1. The predicted octanol–water partition coefficient (Wildman–Crippen LogP) is 2.43. The van der Waals surface area contributed by atoms with E-state index >= 15 is 0 Å². The summed E-state index contributed by atoms with van der Waals surface area (Å²) in [6.45, 7) is 9.20. The van der Waals surface area contributed by atoms with Gasteiger partial charge in [-0.05, 0) is 63.1 Å². The molecule has 2 unspecified atom stereocenters. The third kappa shape index (κ3) is 9.27. The second-order valence-corrected chi connectivity index (χ2v) is 8.30. The summed E-state index contributed by atoms with van der Waals surface area (Å²) >= 11 is 0. The molecule has 0 bridgehead atoms. The van der Waals surface area contributed by atoms with E-state index in [-0.39, 0.29) is 11.7 Å². The standard InChI is InChI=1S/C14H16FN3O.C9H17NO3.C2H6/c15-13-1-2-14(12(7-13)8-16)18-5-3-11(4-6-18)9-17-10-19;1-7(11)8(12)9(13)10-5-3-2-4-6-10;1-2/h1-2,7,10-11H,3-6,9H2,(H,17,19);7-8,11-12H,2-6H2,1H3;1-2H3. The number of rotatable bonds is 6. The number of carbonyl (C=O) groups excluding carboxylic acids is 2. The first kappa shape index (κ1) is 29.3. The fourth-order valence-corrected chi connectivity index (χ4v) is 3.97. The lowest BCUT2D eigenvalue weighted by Gasteiger charge is -2.34. The molecular formula is C25H39FN4O4. The van der Waals surface area contributed by atoms with E-state index in [4.69, 9.17) is 10.4 Å². The van der Waals surface area contributed by atoms with E-state index < -0.39 is 12.2 Å². The maximum Gasteiger partial charge on any atom is 0.254 e. The minimum atomic E-state index is -1.25. The van der Waals surface area contributed by atoms with Gasteiger partial charge < -0.3 is 25.3 Å². The van der Waals surface area contributed by atoms with Crippen LogP contribution in [-0.4, -0.2) is 72.4 Å². The Morgan fingerprint density at radius 2 is 1.82 bits per heavy atom. The molecule has 1 aromatic carbocycles. The van der Waals surface area contributed by atoms with Crippen molar-refractivity contribution in [2.75, 3.05) is 37.6 Å². The average molecular weight is 479 g/mol. The summed E-state index contributed by atoms with van der Waals surface area (Å²) in [5.41, 5.74) is 1.18. The highest BCUT2D eigenvalue weighted by Gasteiger charge is 2.26. The van der Waals surface area contributed by atoms with Gasteiger partial charge in [0, 0.05) is 32.7 Å². The van der Waals surface area contributed by atoms with Gasteiger partial charge in [0.15, 0.2) is 6.10 Å². The zero-order valence-corrected chi connectivity index (χ0v) is 20.5. The van der Waals surface area contributed by atoms with Crippen LogP contribution in [0.1, 0.15) is 58.4 Å². The summed E-state index contributed by atoms with van der Waals surface area (Å²) in [4.78, 5) is 25.4. The van der Waals surface area contributed by atoms with Crippen LogP contribution in [0.4, 0.5) is 10.1 Å². The number of nitrogens with one attached hydrogen (secondary N) is 1. The van der Waals surface area contributed by atoms with E-state index in [0.717, 1.165) is 57.3 Å². The maximum absolute atomic E-state index is 13.1. The molecule has 2 amide bonds. The van der Waals surface area contributed by atoms with Gasteiger partial charge in [-0.15, -0.1) is 0 Å². The molecule has 3 rings (SSSR count). The van der Waals surface area contributed by atoms with Crippen molar-refractivity contribution in [2.24, 2.45) is 5.92 Å². The SMILES string of the molecule is CC.CC(O)C(O)C(=O)N1CCCCC1.N#Cc1cc(F)ccc1N1CCC(CNC=O)CC1. The molecule has 0 radical (unpaired) electrons. The highest BCUT2D eigenvalue weighted by atomic mass is 19.1. The molecular weight excluding hydrogens is 439 g/mol. The number of piperidine rings is 2. The number of amides is 2. The quantitative estimate of drug-likeness (QED) is 0.541.